The lowest BCUT2D eigenvalue weighted by Gasteiger charge is -2.26. The number of aryl methyl sites for hydroxylation is 3. The topological polar surface area (TPSA) is 39.5 Å². The van der Waals surface area contributed by atoms with Crippen LogP contribution in [0.2, 0.25) is 0 Å². The van der Waals surface area contributed by atoms with E-state index in [2.05, 4.69) is 52.8 Å². The van der Waals surface area contributed by atoms with Crippen molar-refractivity contribution >= 4 is 11.0 Å². The molecule has 0 bridgehead atoms. The molecule has 0 spiro atoms. The molecule has 0 radical (unpaired) electrons. The number of rotatable bonds is 10. The summed E-state index contributed by atoms with van der Waals surface area (Å²) in [5.74, 6) is 2.17. The molecule has 1 aromatic heterocycles. The number of para-hydroxylation sites is 2. The van der Waals surface area contributed by atoms with Gasteiger partial charge in [0.05, 0.1) is 30.9 Å². The smallest absolute Gasteiger partial charge is 0.119 e. The van der Waals surface area contributed by atoms with E-state index in [1.54, 1.807) is 0 Å². The van der Waals surface area contributed by atoms with Crippen LogP contribution in [0.25, 0.3) is 11.0 Å². The van der Waals surface area contributed by atoms with Gasteiger partial charge in [0.1, 0.15) is 11.6 Å². The van der Waals surface area contributed by atoms with E-state index >= 15 is 0 Å². The molecule has 4 rings (SSSR count). The molecule has 0 aliphatic carbocycles. The number of hydrogen-bond donors (Lipinski definition) is 0. The average Bonchev–Trinajstić information content (AvgIpc) is 3.13. The van der Waals surface area contributed by atoms with Crippen molar-refractivity contribution in [1.29, 1.82) is 0 Å². The second kappa shape index (κ2) is 10.6. The zero-order valence-electron chi connectivity index (χ0n) is 18.1. The summed E-state index contributed by atoms with van der Waals surface area (Å²) in [4.78, 5) is 7.44. The van der Waals surface area contributed by atoms with Crippen LogP contribution in [0.4, 0.5) is 0 Å². The van der Waals surface area contributed by atoms with Crippen LogP contribution in [0.15, 0.2) is 48.5 Å². The van der Waals surface area contributed by atoms with Gasteiger partial charge in [-0.05, 0) is 57.0 Å². The third kappa shape index (κ3) is 5.61. The van der Waals surface area contributed by atoms with Gasteiger partial charge >= 0.3 is 0 Å². The highest BCUT2D eigenvalue weighted by Gasteiger charge is 2.13. The lowest BCUT2D eigenvalue weighted by molar-refractivity contribution is 0.0374. The van der Waals surface area contributed by atoms with Gasteiger partial charge in [-0.2, -0.15) is 0 Å². The van der Waals surface area contributed by atoms with Crippen LogP contribution < -0.4 is 4.74 Å². The second-order valence-corrected chi connectivity index (χ2v) is 8.09. The van der Waals surface area contributed by atoms with Crippen LogP contribution in [-0.4, -0.2) is 53.9 Å². The van der Waals surface area contributed by atoms with E-state index in [4.69, 9.17) is 14.5 Å². The van der Waals surface area contributed by atoms with Gasteiger partial charge in [-0.3, -0.25) is 4.90 Å². The highest BCUT2D eigenvalue weighted by Crippen LogP contribution is 2.19. The van der Waals surface area contributed by atoms with Crippen LogP contribution in [0.5, 0.6) is 5.75 Å². The Morgan fingerprint density at radius 3 is 2.57 bits per heavy atom. The van der Waals surface area contributed by atoms with Gasteiger partial charge in [0.25, 0.3) is 0 Å². The highest BCUT2D eigenvalue weighted by molar-refractivity contribution is 5.75. The number of benzene rings is 2. The number of imidazole rings is 1. The Bertz CT molecular complexity index is 914. The molecule has 1 aliphatic rings. The van der Waals surface area contributed by atoms with E-state index in [9.17, 15) is 0 Å². The Morgan fingerprint density at radius 2 is 1.73 bits per heavy atom. The van der Waals surface area contributed by atoms with E-state index in [1.807, 2.05) is 12.1 Å². The lowest BCUT2D eigenvalue weighted by Crippen LogP contribution is -2.37. The zero-order valence-corrected chi connectivity index (χ0v) is 18.1. The van der Waals surface area contributed by atoms with E-state index in [-0.39, 0.29) is 0 Å². The van der Waals surface area contributed by atoms with Gasteiger partial charge in [-0.15, -0.1) is 0 Å². The maximum atomic E-state index is 5.89. The lowest BCUT2D eigenvalue weighted by atomic mass is 10.2. The van der Waals surface area contributed by atoms with Gasteiger partial charge in [0.2, 0.25) is 0 Å². The third-order valence-corrected chi connectivity index (χ3v) is 5.78. The van der Waals surface area contributed by atoms with Gasteiger partial charge in [0.15, 0.2) is 0 Å². The van der Waals surface area contributed by atoms with Crippen LogP contribution in [0.1, 0.15) is 30.7 Å². The number of morpholine rings is 1. The summed E-state index contributed by atoms with van der Waals surface area (Å²) >= 11 is 0. The zero-order chi connectivity index (χ0) is 20.6. The molecule has 0 saturated carbocycles. The summed E-state index contributed by atoms with van der Waals surface area (Å²) in [6.45, 7) is 8.79. The van der Waals surface area contributed by atoms with Crippen molar-refractivity contribution in [1.82, 2.24) is 14.5 Å². The normalized spacial score (nSPS) is 15.0. The van der Waals surface area contributed by atoms with E-state index in [0.717, 1.165) is 82.9 Å². The molecule has 1 fully saturated rings. The van der Waals surface area contributed by atoms with Crippen molar-refractivity contribution in [3.05, 3.63) is 59.9 Å². The average molecular weight is 408 g/mol. The molecule has 30 heavy (non-hydrogen) atoms. The predicted octanol–water partition coefficient (Wildman–Crippen LogP) is 4.47. The molecule has 5 nitrogen and oxygen atoms in total. The Kier molecular flexibility index (Phi) is 7.38. The van der Waals surface area contributed by atoms with E-state index in [0.29, 0.717) is 0 Å². The minimum absolute atomic E-state index is 0.752. The monoisotopic (exact) mass is 407 g/mol. The number of aromatic nitrogens is 2. The maximum absolute atomic E-state index is 5.89. The first kappa shape index (κ1) is 20.9. The number of ether oxygens (including phenoxy) is 2. The molecule has 0 amide bonds. The highest BCUT2D eigenvalue weighted by atomic mass is 16.5. The molecule has 0 atom stereocenters. The first-order chi connectivity index (χ1) is 14.8. The van der Waals surface area contributed by atoms with Crippen LogP contribution >= 0.6 is 0 Å². The van der Waals surface area contributed by atoms with Crippen LogP contribution in [-0.2, 0) is 17.7 Å². The predicted molar refractivity (Wildman–Crippen MR) is 121 cm³/mol. The summed E-state index contributed by atoms with van der Waals surface area (Å²) in [5.41, 5.74) is 3.61. The number of nitrogens with zero attached hydrogens (tertiary/aromatic N) is 3. The van der Waals surface area contributed by atoms with Crippen molar-refractivity contribution < 1.29 is 9.47 Å². The Morgan fingerprint density at radius 1 is 0.933 bits per heavy atom. The summed E-state index contributed by atoms with van der Waals surface area (Å²) in [6.07, 6.45) is 4.28. The quantitative estimate of drug-likeness (QED) is 0.465. The molecule has 3 aromatic rings. The summed E-state index contributed by atoms with van der Waals surface area (Å²) in [6, 6.07) is 16.8. The van der Waals surface area contributed by atoms with E-state index < -0.39 is 0 Å². The third-order valence-electron chi connectivity index (χ3n) is 5.78. The minimum atomic E-state index is 0.752. The molecule has 160 valence electrons. The number of unbranched alkanes of at least 4 members (excludes halogenated alkanes) is 1. The van der Waals surface area contributed by atoms with Crippen molar-refractivity contribution in [3.63, 3.8) is 0 Å². The Labute approximate surface area is 179 Å². The van der Waals surface area contributed by atoms with E-state index in [1.165, 1.54) is 16.9 Å². The SMILES string of the molecule is Cc1ccc(OCCCCn2c(CCCN3CCOCC3)nc3ccccc32)cc1. The van der Waals surface area contributed by atoms with Crippen molar-refractivity contribution in [2.24, 2.45) is 0 Å². The first-order valence-electron chi connectivity index (χ1n) is 11.2. The molecular weight excluding hydrogens is 374 g/mol. The standard InChI is InChI=1S/C25H33N3O2/c1-21-10-12-22(13-11-21)30-18-5-4-15-28-24-8-3-2-7-23(24)26-25(28)9-6-14-27-16-19-29-20-17-27/h2-3,7-8,10-13H,4-6,9,14-20H2,1H3. The molecule has 1 aliphatic heterocycles. The number of hydrogen-bond acceptors (Lipinski definition) is 4. The summed E-state index contributed by atoms with van der Waals surface area (Å²) in [5, 5.41) is 0. The maximum Gasteiger partial charge on any atom is 0.119 e. The summed E-state index contributed by atoms with van der Waals surface area (Å²) in [7, 11) is 0. The molecule has 2 aromatic carbocycles. The van der Waals surface area contributed by atoms with Crippen LogP contribution in [0, 0.1) is 6.92 Å². The largest absolute Gasteiger partial charge is 0.494 e. The van der Waals surface area contributed by atoms with Gasteiger partial charge in [-0.1, -0.05) is 29.8 Å². The molecule has 2 heterocycles. The fourth-order valence-corrected chi connectivity index (χ4v) is 4.05. The fraction of sp³-hybridized carbons (Fsp3) is 0.480. The summed E-state index contributed by atoms with van der Waals surface area (Å²) < 4.78 is 13.8. The van der Waals surface area contributed by atoms with Gasteiger partial charge in [-0.25, -0.2) is 4.98 Å². The molecule has 1 saturated heterocycles. The van der Waals surface area contributed by atoms with Crippen LogP contribution in [0.3, 0.4) is 0 Å². The number of fused-ring (bicyclic) bond motifs is 1. The molecular formula is C25H33N3O2. The molecule has 0 N–H and O–H groups in total. The first-order valence-corrected chi connectivity index (χ1v) is 11.2. The van der Waals surface area contributed by atoms with Gasteiger partial charge < -0.3 is 14.0 Å². The Balaban J connectivity index is 1.30. The van der Waals surface area contributed by atoms with Crippen molar-refractivity contribution in [3.8, 4) is 5.75 Å². The second-order valence-electron chi connectivity index (χ2n) is 8.09. The van der Waals surface area contributed by atoms with Crippen molar-refractivity contribution in [2.45, 2.75) is 39.2 Å². The minimum Gasteiger partial charge on any atom is -0.494 e. The van der Waals surface area contributed by atoms with Gasteiger partial charge in [0, 0.05) is 26.1 Å². The van der Waals surface area contributed by atoms with Crippen molar-refractivity contribution in [2.75, 3.05) is 39.5 Å². The Hall–Kier alpha value is -2.37. The fourth-order valence-electron chi connectivity index (χ4n) is 4.05. The molecule has 5 heteroatoms. The molecule has 0 unspecified atom stereocenters.